The highest BCUT2D eigenvalue weighted by Gasteiger charge is 2.26. The van der Waals surface area contributed by atoms with Gasteiger partial charge in [-0.15, -0.1) is 0 Å². The zero-order valence-corrected chi connectivity index (χ0v) is 15.9. The number of nitrogens with one attached hydrogen (secondary N) is 2. The van der Waals surface area contributed by atoms with Gasteiger partial charge in [0, 0.05) is 23.4 Å². The number of piperidine rings is 1. The summed E-state index contributed by atoms with van der Waals surface area (Å²) in [6, 6.07) is 12.3. The molecule has 2 aromatic rings. The third-order valence-electron chi connectivity index (χ3n) is 4.79. The number of amides is 2. The number of ketones is 1. The molecule has 1 saturated heterocycles. The van der Waals surface area contributed by atoms with Gasteiger partial charge in [0.05, 0.1) is 6.54 Å². The molecule has 7 heteroatoms. The first kappa shape index (κ1) is 19.7. The van der Waals surface area contributed by atoms with Crippen LogP contribution in [-0.2, 0) is 9.59 Å². The molecule has 0 atom stereocenters. The highest BCUT2D eigenvalue weighted by Crippen LogP contribution is 2.19. The average molecular weight is 380 g/mol. The van der Waals surface area contributed by atoms with Gasteiger partial charge in [-0.3, -0.25) is 19.3 Å². The lowest BCUT2D eigenvalue weighted by molar-refractivity contribution is -0.121. The molecule has 2 heterocycles. The normalized spacial score (nSPS) is 15.0. The number of carbonyl (C=O) groups excluding carboxylic acids is 3. The van der Waals surface area contributed by atoms with Crippen LogP contribution >= 0.6 is 0 Å². The lowest BCUT2D eigenvalue weighted by atomic mass is 9.96. The van der Waals surface area contributed by atoms with Crippen molar-refractivity contribution in [3.05, 3.63) is 54.2 Å². The number of hydrogen-bond donors (Lipinski definition) is 2. The summed E-state index contributed by atoms with van der Waals surface area (Å²) in [5, 5.41) is 5.67. The first-order chi connectivity index (χ1) is 13.5. The number of aromatic nitrogens is 1. The van der Waals surface area contributed by atoms with E-state index in [1.807, 2.05) is 11.0 Å². The van der Waals surface area contributed by atoms with Crippen LogP contribution in [0.1, 0.15) is 30.1 Å². The van der Waals surface area contributed by atoms with Gasteiger partial charge in [-0.2, -0.15) is 0 Å². The summed E-state index contributed by atoms with van der Waals surface area (Å²) in [7, 11) is 0. The van der Waals surface area contributed by atoms with Crippen LogP contribution in [0.25, 0.3) is 0 Å². The topological polar surface area (TPSA) is 91.4 Å². The molecular weight excluding hydrogens is 356 g/mol. The van der Waals surface area contributed by atoms with Crippen LogP contribution in [0.3, 0.4) is 0 Å². The van der Waals surface area contributed by atoms with E-state index in [1.54, 1.807) is 42.6 Å². The maximum atomic E-state index is 12.3. The van der Waals surface area contributed by atoms with E-state index in [-0.39, 0.29) is 30.1 Å². The second kappa shape index (κ2) is 9.23. The monoisotopic (exact) mass is 380 g/mol. The smallest absolute Gasteiger partial charge is 0.238 e. The second-order valence-corrected chi connectivity index (χ2v) is 6.94. The lowest BCUT2D eigenvalue weighted by Crippen LogP contribution is -2.41. The third kappa shape index (κ3) is 5.47. The molecular formula is C21H24N4O3. The average Bonchev–Trinajstić information content (AvgIpc) is 2.69. The molecule has 2 amide bonds. The van der Waals surface area contributed by atoms with E-state index in [1.165, 1.54) is 6.92 Å². The number of rotatable bonds is 6. The van der Waals surface area contributed by atoms with E-state index in [4.69, 9.17) is 0 Å². The number of nitrogens with zero attached hydrogens (tertiary/aromatic N) is 2. The van der Waals surface area contributed by atoms with Crippen LogP contribution in [-0.4, -0.2) is 47.1 Å². The Kier molecular flexibility index (Phi) is 6.49. The number of hydrogen-bond acceptors (Lipinski definition) is 5. The minimum Gasteiger partial charge on any atom is -0.325 e. The highest BCUT2D eigenvalue weighted by atomic mass is 16.2. The lowest BCUT2D eigenvalue weighted by Gasteiger charge is -2.30. The zero-order chi connectivity index (χ0) is 19.9. The van der Waals surface area contributed by atoms with E-state index in [0.29, 0.717) is 43.0 Å². The molecule has 1 aromatic heterocycles. The first-order valence-electron chi connectivity index (χ1n) is 9.36. The van der Waals surface area contributed by atoms with Gasteiger partial charge >= 0.3 is 0 Å². The van der Waals surface area contributed by atoms with Gasteiger partial charge in [-0.25, -0.2) is 4.98 Å². The van der Waals surface area contributed by atoms with Gasteiger partial charge in [0.25, 0.3) is 0 Å². The molecule has 0 unspecified atom stereocenters. The maximum Gasteiger partial charge on any atom is 0.238 e. The summed E-state index contributed by atoms with van der Waals surface area (Å²) in [5.41, 5.74) is 1.18. The van der Waals surface area contributed by atoms with Crippen LogP contribution in [0, 0.1) is 5.92 Å². The molecule has 146 valence electrons. The Morgan fingerprint density at radius 1 is 1.07 bits per heavy atom. The Morgan fingerprint density at radius 3 is 2.54 bits per heavy atom. The van der Waals surface area contributed by atoms with Crippen LogP contribution < -0.4 is 10.6 Å². The molecule has 0 aliphatic carbocycles. The Labute approximate surface area is 164 Å². The van der Waals surface area contributed by atoms with Gasteiger partial charge < -0.3 is 10.6 Å². The molecule has 28 heavy (non-hydrogen) atoms. The minimum atomic E-state index is -0.128. The fourth-order valence-electron chi connectivity index (χ4n) is 3.24. The van der Waals surface area contributed by atoms with Crippen LogP contribution in [0.2, 0.25) is 0 Å². The molecule has 1 aliphatic rings. The van der Waals surface area contributed by atoms with Crippen molar-refractivity contribution in [1.29, 1.82) is 0 Å². The summed E-state index contributed by atoms with van der Waals surface area (Å²) in [5.74, 6) is 0.291. The van der Waals surface area contributed by atoms with Crippen molar-refractivity contribution in [2.24, 2.45) is 5.92 Å². The predicted molar refractivity (Wildman–Crippen MR) is 107 cm³/mol. The van der Waals surface area contributed by atoms with Crippen LogP contribution in [0.5, 0.6) is 0 Å². The number of anilines is 2. The molecule has 0 saturated carbocycles. The van der Waals surface area contributed by atoms with E-state index in [0.717, 1.165) is 0 Å². The molecule has 3 rings (SSSR count). The summed E-state index contributed by atoms with van der Waals surface area (Å²) in [6.45, 7) is 3.12. The number of carbonyl (C=O) groups is 3. The van der Waals surface area contributed by atoms with Crippen molar-refractivity contribution >= 4 is 29.1 Å². The van der Waals surface area contributed by atoms with Gasteiger partial charge in [-0.1, -0.05) is 18.2 Å². The van der Waals surface area contributed by atoms with Gasteiger partial charge in [0.15, 0.2) is 5.78 Å². The molecule has 1 fully saturated rings. The fourth-order valence-corrected chi connectivity index (χ4v) is 3.24. The maximum absolute atomic E-state index is 12.3. The van der Waals surface area contributed by atoms with Gasteiger partial charge in [0.1, 0.15) is 5.82 Å². The van der Waals surface area contributed by atoms with Crippen molar-refractivity contribution in [3.63, 3.8) is 0 Å². The fraction of sp³-hybridized carbons (Fsp3) is 0.333. The SMILES string of the molecule is CC(=O)c1cccc(NC(=O)CN2CCC(C(=O)Nc3ccccn3)CC2)c1. The van der Waals surface area contributed by atoms with Crippen molar-refractivity contribution < 1.29 is 14.4 Å². The molecule has 1 aliphatic heterocycles. The summed E-state index contributed by atoms with van der Waals surface area (Å²) >= 11 is 0. The quantitative estimate of drug-likeness (QED) is 0.752. The van der Waals surface area contributed by atoms with Crippen LogP contribution in [0.15, 0.2) is 48.7 Å². The van der Waals surface area contributed by atoms with Crippen molar-refractivity contribution in [1.82, 2.24) is 9.88 Å². The summed E-state index contributed by atoms with van der Waals surface area (Å²) in [4.78, 5) is 42.2. The largest absolute Gasteiger partial charge is 0.325 e. The molecule has 7 nitrogen and oxygen atoms in total. The Hall–Kier alpha value is -3.06. The van der Waals surface area contributed by atoms with Gasteiger partial charge in [-0.05, 0) is 57.1 Å². The number of Topliss-reactive ketones (excluding diaryl/α,β-unsaturated/α-hetero) is 1. The number of likely N-dealkylation sites (tertiary alicyclic amines) is 1. The molecule has 0 bridgehead atoms. The molecule has 0 radical (unpaired) electrons. The summed E-state index contributed by atoms with van der Waals surface area (Å²) in [6.07, 6.45) is 3.04. The second-order valence-electron chi connectivity index (χ2n) is 6.94. The van der Waals surface area contributed by atoms with E-state index in [9.17, 15) is 14.4 Å². The van der Waals surface area contributed by atoms with E-state index in [2.05, 4.69) is 15.6 Å². The Balaban J connectivity index is 1.45. The third-order valence-corrected chi connectivity index (χ3v) is 4.79. The Morgan fingerprint density at radius 2 is 1.86 bits per heavy atom. The predicted octanol–water partition coefficient (Wildman–Crippen LogP) is 2.57. The standard InChI is InChI=1S/C21H24N4O3/c1-15(26)17-5-4-6-18(13-17)23-20(27)14-25-11-8-16(9-12-25)21(28)24-19-7-2-3-10-22-19/h2-7,10,13,16H,8-9,11-12,14H2,1H3,(H,23,27)(H,22,24,28). The van der Waals surface area contributed by atoms with Crippen molar-refractivity contribution in [2.75, 3.05) is 30.3 Å². The van der Waals surface area contributed by atoms with Crippen molar-refractivity contribution in [2.45, 2.75) is 19.8 Å². The van der Waals surface area contributed by atoms with Crippen molar-refractivity contribution in [3.8, 4) is 0 Å². The number of pyridine rings is 1. The van der Waals surface area contributed by atoms with E-state index < -0.39 is 0 Å². The molecule has 1 aromatic carbocycles. The minimum absolute atomic E-state index is 0.0242. The zero-order valence-electron chi connectivity index (χ0n) is 15.9. The highest BCUT2D eigenvalue weighted by molar-refractivity contribution is 5.97. The van der Waals surface area contributed by atoms with Crippen LogP contribution in [0.4, 0.5) is 11.5 Å². The van der Waals surface area contributed by atoms with E-state index >= 15 is 0 Å². The molecule has 0 spiro atoms. The molecule has 2 N–H and O–H groups in total. The summed E-state index contributed by atoms with van der Waals surface area (Å²) < 4.78 is 0. The van der Waals surface area contributed by atoms with Gasteiger partial charge in [0.2, 0.25) is 11.8 Å². The Bertz CT molecular complexity index is 846. The number of benzene rings is 1. The first-order valence-corrected chi connectivity index (χ1v) is 9.36.